The van der Waals surface area contributed by atoms with E-state index in [-0.39, 0.29) is 0 Å². The van der Waals surface area contributed by atoms with Gasteiger partial charge in [-0.2, -0.15) is 10.5 Å². The average molecular weight is 225 g/mol. The minimum atomic E-state index is 0.840. The van der Waals surface area contributed by atoms with Crippen LogP contribution in [0.5, 0.6) is 0 Å². The summed E-state index contributed by atoms with van der Waals surface area (Å²) >= 11 is 0. The zero-order chi connectivity index (χ0) is 12.8. The summed E-state index contributed by atoms with van der Waals surface area (Å²) in [5.41, 5.74) is 8.31. The van der Waals surface area contributed by atoms with Gasteiger partial charge in [0.15, 0.2) is 12.4 Å². The van der Waals surface area contributed by atoms with Gasteiger partial charge in [0.05, 0.1) is 0 Å². The molecule has 0 amide bonds. The van der Waals surface area contributed by atoms with Crippen LogP contribution < -0.4 is 11.5 Å². The molecule has 1 heterocycles. The van der Waals surface area contributed by atoms with E-state index in [2.05, 4.69) is 30.2 Å². The van der Waals surface area contributed by atoms with Gasteiger partial charge < -0.3 is 16.4 Å². The number of likely N-dealkylation sites (tertiary alicyclic amines) is 1. The first-order chi connectivity index (χ1) is 7.67. The van der Waals surface area contributed by atoms with Gasteiger partial charge in [-0.3, -0.25) is 0 Å². The molecule has 5 nitrogen and oxygen atoms in total. The topological polar surface area (TPSA) is 103 Å². The van der Waals surface area contributed by atoms with Crippen molar-refractivity contribution in [1.82, 2.24) is 4.90 Å². The highest BCUT2D eigenvalue weighted by molar-refractivity contribution is 4.71. The lowest BCUT2D eigenvalue weighted by molar-refractivity contribution is 0.246. The monoisotopic (exact) mass is 225 g/mol. The number of nitrogens with two attached hydrogens (primary N) is 2. The van der Waals surface area contributed by atoms with Crippen molar-refractivity contribution in [3.63, 3.8) is 0 Å². The lowest BCUT2D eigenvalue weighted by atomic mass is 10.2. The van der Waals surface area contributed by atoms with Crippen molar-refractivity contribution < 1.29 is 0 Å². The fourth-order valence-electron chi connectivity index (χ4n) is 1.78. The summed E-state index contributed by atoms with van der Waals surface area (Å²) in [5, 5.41) is 14.2. The summed E-state index contributed by atoms with van der Waals surface area (Å²) in [5.74, 6) is 0. The summed E-state index contributed by atoms with van der Waals surface area (Å²) < 4.78 is 0. The van der Waals surface area contributed by atoms with Crippen LogP contribution in [0.1, 0.15) is 39.5 Å². The third-order valence-electron chi connectivity index (χ3n) is 2.47. The second-order valence-corrected chi connectivity index (χ2v) is 3.64. The quantitative estimate of drug-likeness (QED) is 0.553. The standard InChI is InChI=1S/C9H19N.2CH2N2/c1-3-6-9(2)10-7-4-5-8-10;2*2-1-3/h9H,3-8H2,1-2H3;2*2H2. The summed E-state index contributed by atoms with van der Waals surface area (Å²) in [6.45, 7) is 7.32. The molecule has 0 bridgehead atoms. The lowest BCUT2D eigenvalue weighted by Crippen LogP contribution is -2.29. The maximum Gasteiger partial charge on any atom is 0.173 e. The lowest BCUT2D eigenvalue weighted by Gasteiger charge is -2.22. The van der Waals surface area contributed by atoms with Crippen molar-refractivity contribution in [2.24, 2.45) is 11.5 Å². The van der Waals surface area contributed by atoms with E-state index in [9.17, 15) is 0 Å². The van der Waals surface area contributed by atoms with Crippen molar-refractivity contribution >= 4 is 0 Å². The maximum atomic E-state index is 7.10. The van der Waals surface area contributed by atoms with E-state index in [1.54, 1.807) is 0 Å². The van der Waals surface area contributed by atoms with Gasteiger partial charge in [-0.15, -0.1) is 0 Å². The Morgan fingerprint density at radius 1 is 1.19 bits per heavy atom. The van der Waals surface area contributed by atoms with Gasteiger partial charge in [0.1, 0.15) is 0 Å². The number of hydrogen-bond donors (Lipinski definition) is 2. The Morgan fingerprint density at radius 2 is 1.56 bits per heavy atom. The van der Waals surface area contributed by atoms with Crippen LogP contribution in [0.15, 0.2) is 0 Å². The Hall–Kier alpha value is -1.46. The summed E-state index contributed by atoms with van der Waals surface area (Å²) in [4.78, 5) is 2.61. The fourth-order valence-corrected chi connectivity index (χ4v) is 1.78. The predicted octanol–water partition coefficient (Wildman–Crippen LogP) is 1.12. The molecule has 16 heavy (non-hydrogen) atoms. The number of nitrogens with zero attached hydrogens (tertiary/aromatic N) is 3. The highest BCUT2D eigenvalue weighted by atomic mass is 15.2. The third-order valence-corrected chi connectivity index (χ3v) is 2.47. The van der Waals surface area contributed by atoms with Gasteiger partial charge in [-0.25, -0.2) is 0 Å². The first-order valence-electron chi connectivity index (χ1n) is 5.61. The molecule has 0 saturated carbocycles. The SMILES string of the molecule is CCCC(C)N1CCCC1.N#CN.N#CN. The van der Waals surface area contributed by atoms with E-state index in [0.29, 0.717) is 0 Å². The molecule has 1 atom stereocenters. The molecule has 1 aliphatic heterocycles. The molecule has 1 unspecified atom stereocenters. The van der Waals surface area contributed by atoms with Crippen molar-refractivity contribution in [3.05, 3.63) is 0 Å². The first-order valence-corrected chi connectivity index (χ1v) is 5.61. The molecule has 1 aliphatic rings. The van der Waals surface area contributed by atoms with Gasteiger partial charge in [-0.1, -0.05) is 13.3 Å². The van der Waals surface area contributed by atoms with Crippen molar-refractivity contribution in [2.45, 2.75) is 45.6 Å². The van der Waals surface area contributed by atoms with Gasteiger partial charge in [-0.05, 0) is 39.3 Å². The molecule has 4 N–H and O–H groups in total. The summed E-state index contributed by atoms with van der Waals surface area (Å²) in [7, 11) is 0. The number of hydrogen-bond acceptors (Lipinski definition) is 5. The van der Waals surface area contributed by atoms with E-state index in [0.717, 1.165) is 6.04 Å². The Morgan fingerprint density at radius 3 is 1.88 bits per heavy atom. The highest BCUT2D eigenvalue weighted by Crippen LogP contribution is 2.14. The van der Waals surface area contributed by atoms with Crippen LogP contribution in [0.4, 0.5) is 0 Å². The summed E-state index contributed by atoms with van der Waals surface area (Å²) in [6.07, 6.45) is 8.06. The Bertz CT molecular complexity index is 197. The number of nitriles is 2. The third kappa shape index (κ3) is 10.6. The maximum absolute atomic E-state index is 7.10. The van der Waals surface area contributed by atoms with Crippen LogP contribution in [-0.2, 0) is 0 Å². The molecule has 0 aromatic rings. The zero-order valence-electron chi connectivity index (χ0n) is 10.3. The van der Waals surface area contributed by atoms with Crippen molar-refractivity contribution in [1.29, 1.82) is 10.5 Å². The molecule has 1 fully saturated rings. The van der Waals surface area contributed by atoms with E-state index in [1.807, 2.05) is 0 Å². The van der Waals surface area contributed by atoms with Gasteiger partial charge in [0.2, 0.25) is 0 Å². The molecule has 0 aromatic heterocycles. The average Bonchev–Trinajstić information content (AvgIpc) is 2.73. The van der Waals surface area contributed by atoms with Crippen LogP contribution in [-0.4, -0.2) is 24.0 Å². The van der Waals surface area contributed by atoms with Crippen molar-refractivity contribution in [3.8, 4) is 12.4 Å². The highest BCUT2D eigenvalue weighted by Gasteiger charge is 2.16. The zero-order valence-corrected chi connectivity index (χ0v) is 10.3. The summed E-state index contributed by atoms with van der Waals surface area (Å²) in [6, 6.07) is 0.840. The van der Waals surface area contributed by atoms with E-state index in [1.165, 1.54) is 51.2 Å². The van der Waals surface area contributed by atoms with Gasteiger partial charge in [0.25, 0.3) is 0 Å². The molecule has 1 saturated heterocycles. The number of rotatable bonds is 3. The van der Waals surface area contributed by atoms with Crippen LogP contribution in [0.3, 0.4) is 0 Å². The second-order valence-electron chi connectivity index (χ2n) is 3.64. The van der Waals surface area contributed by atoms with Crippen LogP contribution in [0.2, 0.25) is 0 Å². The smallest absolute Gasteiger partial charge is 0.173 e. The van der Waals surface area contributed by atoms with Crippen molar-refractivity contribution in [2.75, 3.05) is 13.1 Å². The molecule has 0 aliphatic carbocycles. The fraction of sp³-hybridized carbons (Fsp3) is 0.818. The molecule has 0 radical (unpaired) electrons. The molecule has 1 rings (SSSR count). The van der Waals surface area contributed by atoms with Gasteiger partial charge >= 0.3 is 0 Å². The predicted molar refractivity (Wildman–Crippen MR) is 64.8 cm³/mol. The van der Waals surface area contributed by atoms with Crippen LogP contribution in [0.25, 0.3) is 0 Å². The van der Waals surface area contributed by atoms with E-state index >= 15 is 0 Å². The minimum absolute atomic E-state index is 0.840. The van der Waals surface area contributed by atoms with E-state index < -0.39 is 0 Å². The minimum Gasteiger partial charge on any atom is -0.337 e. The first kappa shape index (κ1) is 17.0. The normalized spacial score (nSPS) is 15.5. The Kier molecular flexibility index (Phi) is 14.3. The Labute approximate surface area is 98.6 Å². The molecule has 92 valence electrons. The van der Waals surface area contributed by atoms with Gasteiger partial charge in [0, 0.05) is 6.04 Å². The largest absolute Gasteiger partial charge is 0.337 e. The van der Waals surface area contributed by atoms with Crippen LogP contribution >= 0.6 is 0 Å². The van der Waals surface area contributed by atoms with Crippen LogP contribution in [0, 0.1) is 22.9 Å². The second kappa shape index (κ2) is 13.5. The molecule has 5 heteroatoms. The van der Waals surface area contributed by atoms with E-state index in [4.69, 9.17) is 10.5 Å². The molecule has 0 aromatic carbocycles. The molecular weight excluding hydrogens is 202 g/mol. The molecule has 0 spiro atoms. The molecular formula is C11H23N5. The Balaban J connectivity index is 0.